The first-order valence-electron chi connectivity index (χ1n) is 7.40. The summed E-state index contributed by atoms with van der Waals surface area (Å²) in [5, 5.41) is 0. The van der Waals surface area contributed by atoms with Crippen LogP contribution in [0.4, 0.5) is 0 Å². The molecule has 0 saturated heterocycles. The van der Waals surface area contributed by atoms with Crippen LogP contribution in [0.3, 0.4) is 0 Å². The molecule has 2 aliphatic rings. The van der Waals surface area contributed by atoms with Gasteiger partial charge in [-0.15, -0.1) is 0 Å². The highest BCUT2D eigenvalue weighted by molar-refractivity contribution is 5.48. The number of ether oxygens (including phenoxy) is 2. The van der Waals surface area contributed by atoms with Gasteiger partial charge in [0.15, 0.2) is 0 Å². The summed E-state index contributed by atoms with van der Waals surface area (Å²) in [6.45, 7) is 6.97. The first-order chi connectivity index (χ1) is 10.7. The minimum atomic E-state index is -0.927. The second kappa shape index (κ2) is 4.07. The molecule has 0 amide bonds. The van der Waals surface area contributed by atoms with Gasteiger partial charge < -0.3 is 18.3 Å². The zero-order valence-corrected chi connectivity index (χ0v) is 13.3. The van der Waals surface area contributed by atoms with E-state index >= 15 is 0 Å². The molecule has 0 fully saturated rings. The third-order valence-corrected chi connectivity index (χ3v) is 4.48. The van der Waals surface area contributed by atoms with E-state index in [1.54, 1.807) is 26.0 Å². The molecule has 0 saturated carbocycles. The molecule has 0 aliphatic carbocycles. The zero-order valence-electron chi connectivity index (χ0n) is 13.3. The molecule has 0 radical (unpaired) electrons. The molecule has 2 aliphatic heterocycles. The molecule has 120 valence electrons. The van der Waals surface area contributed by atoms with Crippen LogP contribution in [0.25, 0.3) is 0 Å². The Labute approximate surface area is 131 Å². The number of hydrogen-bond donors (Lipinski definition) is 0. The standard InChI is InChI=1S/C17H16O6/c1-8-5-10-12(14(18)20-8)16(3)7-17(4,22-10)13-11(23-16)6-9(2)21-15(13)19/h5-6H,7H2,1-4H3. The Bertz CT molecular complexity index is 875. The second-order valence-electron chi connectivity index (χ2n) is 6.61. The van der Waals surface area contributed by atoms with Crippen LogP contribution in [-0.2, 0) is 11.2 Å². The monoisotopic (exact) mass is 316 g/mol. The maximum atomic E-state index is 12.3. The fourth-order valence-corrected chi connectivity index (χ4v) is 3.76. The van der Waals surface area contributed by atoms with Crippen LogP contribution in [-0.4, -0.2) is 0 Å². The van der Waals surface area contributed by atoms with E-state index in [2.05, 4.69) is 0 Å². The van der Waals surface area contributed by atoms with Crippen molar-refractivity contribution in [2.24, 2.45) is 0 Å². The molecule has 2 atom stereocenters. The van der Waals surface area contributed by atoms with Gasteiger partial charge in [-0.3, -0.25) is 0 Å². The van der Waals surface area contributed by atoms with E-state index in [0.29, 0.717) is 40.6 Å². The number of rotatable bonds is 0. The third-order valence-electron chi connectivity index (χ3n) is 4.48. The van der Waals surface area contributed by atoms with E-state index in [4.69, 9.17) is 18.3 Å². The number of hydrogen-bond acceptors (Lipinski definition) is 6. The van der Waals surface area contributed by atoms with Crippen LogP contribution >= 0.6 is 0 Å². The fourth-order valence-electron chi connectivity index (χ4n) is 3.76. The van der Waals surface area contributed by atoms with Gasteiger partial charge in [-0.2, -0.15) is 0 Å². The van der Waals surface area contributed by atoms with E-state index in [1.807, 2.05) is 13.8 Å². The molecule has 2 aromatic rings. The summed E-state index contributed by atoms with van der Waals surface area (Å²) in [6, 6.07) is 3.30. The van der Waals surface area contributed by atoms with Gasteiger partial charge in [0.05, 0.1) is 0 Å². The van der Waals surface area contributed by atoms with Gasteiger partial charge in [-0.1, -0.05) is 0 Å². The number of fused-ring (bicyclic) bond motifs is 6. The van der Waals surface area contributed by atoms with Gasteiger partial charge in [-0.05, 0) is 27.7 Å². The molecule has 0 aromatic carbocycles. The zero-order chi connectivity index (χ0) is 16.6. The molecule has 0 spiro atoms. The van der Waals surface area contributed by atoms with Crippen molar-refractivity contribution in [3.63, 3.8) is 0 Å². The smallest absolute Gasteiger partial charge is 0.346 e. The summed E-state index contributed by atoms with van der Waals surface area (Å²) in [7, 11) is 0. The average molecular weight is 316 g/mol. The summed E-state index contributed by atoms with van der Waals surface area (Å²) in [5.74, 6) is 1.66. The summed E-state index contributed by atoms with van der Waals surface area (Å²) < 4.78 is 22.5. The predicted octanol–water partition coefficient (Wildman–Crippen LogP) is 2.52. The van der Waals surface area contributed by atoms with Crippen LogP contribution < -0.4 is 20.7 Å². The normalized spacial score (nSPS) is 27.5. The van der Waals surface area contributed by atoms with Crippen molar-refractivity contribution in [3.05, 3.63) is 55.6 Å². The average Bonchev–Trinajstić information content (AvgIpc) is 2.33. The molecule has 2 unspecified atom stereocenters. The lowest BCUT2D eigenvalue weighted by molar-refractivity contribution is -0.0786. The molecule has 2 bridgehead atoms. The maximum Gasteiger partial charge on any atom is 0.346 e. The van der Waals surface area contributed by atoms with Gasteiger partial charge >= 0.3 is 11.3 Å². The Balaban J connectivity index is 2.05. The highest BCUT2D eigenvalue weighted by Crippen LogP contribution is 2.53. The topological polar surface area (TPSA) is 78.9 Å². The molecular weight excluding hydrogens is 300 g/mol. The molecule has 0 N–H and O–H groups in total. The van der Waals surface area contributed by atoms with Crippen molar-refractivity contribution in [3.8, 4) is 11.5 Å². The number of aryl methyl sites for hydroxylation is 2. The Morgan fingerprint density at radius 2 is 1.22 bits per heavy atom. The van der Waals surface area contributed by atoms with Crippen molar-refractivity contribution < 1.29 is 18.3 Å². The van der Waals surface area contributed by atoms with E-state index in [1.165, 1.54) is 0 Å². The largest absolute Gasteiger partial charge is 0.481 e. The van der Waals surface area contributed by atoms with Crippen LogP contribution in [0, 0.1) is 13.8 Å². The SMILES string of the molecule is Cc1cc2c(c(=O)o1)C1(C)CC(C)(O2)c2c(cc(C)oc2=O)O1. The van der Waals surface area contributed by atoms with Crippen LogP contribution in [0.2, 0.25) is 0 Å². The van der Waals surface area contributed by atoms with Gasteiger partial charge in [-0.25, -0.2) is 9.59 Å². The lowest BCUT2D eigenvalue weighted by Crippen LogP contribution is -2.53. The first-order valence-corrected chi connectivity index (χ1v) is 7.40. The lowest BCUT2D eigenvalue weighted by Gasteiger charge is -2.48. The van der Waals surface area contributed by atoms with Crippen LogP contribution in [0.1, 0.15) is 42.9 Å². The first kappa shape index (κ1) is 14.1. The maximum absolute atomic E-state index is 12.3. The molecule has 23 heavy (non-hydrogen) atoms. The molecular formula is C17H16O6. The minimum Gasteiger partial charge on any atom is -0.481 e. The molecule has 4 rings (SSSR count). The summed E-state index contributed by atoms with van der Waals surface area (Å²) in [6.07, 6.45) is 0.321. The van der Waals surface area contributed by atoms with E-state index in [-0.39, 0.29) is 0 Å². The Morgan fingerprint density at radius 3 is 1.61 bits per heavy atom. The lowest BCUT2D eigenvalue weighted by atomic mass is 9.76. The van der Waals surface area contributed by atoms with Crippen molar-refractivity contribution >= 4 is 0 Å². The minimum absolute atomic E-state index is 0.321. The fraction of sp³-hybridized carbons (Fsp3) is 0.412. The second-order valence-corrected chi connectivity index (χ2v) is 6.61. The van der Waals surface area contributed by atoms with Crippen molar-refractivity contribution in [1.82, 2.24) is 0 Å². The Morgan fingerprint density at radius 1 is 0.826 bits per heavy atom. The van der Waals surface area contributed by atoms with Gasteiger partial charge in [0.25, 0.3) is 0 Å². The van der Waals surface area contributed by atoms with E-state index < -0.39 is 22.5 Å². The molecule has 6 heteroatoms. The Hall–Kier alpha value is -2.50. The Kier molecular flexibility index (Phi) is 2.50. The van der Waals surface area contributed by atoms with E-state index in [0.717, 1.165) is 0 Å². The van der Waals surface area contributed by atoms with Crippen molar-refractivity contribution in [2.45, 2.75) is 45.3 Å². The van der Waals surface area contributed by atoms with Crippen LogP contribution in [0.15, 0.2) is 30.6 Å². The molecule has 6 nitrogen and oxygen atoms in total. The predicted molar refractivity (Wildman–Crippen MR) is 80.0 cm³/mol. The summed E-state index contributed by atoms with van der Waals surface area (Å²) in [4.78, 5) is 24.7. The quantitative estimate of drug-likeness (QED) is 0.743. The highest BCUT2D eigenvalue weighted by atomic mass is 16.5. The third kappa shape index (κ3) is 1.81. The van der Waals surface area contributed by atoms with Gasteiger partial charge in [0.1, 0.15) is 45.3 Å². The van der Waals surface area contributed by atoms with Crippen molar-refractivity contribution in [2.75, 3.05) is 0 Å². The van der Waals surface area contributed by atoms with Gasteiger partial charge in [0, 0.05) is 18.6 Å². The highest BCUT2D eigenvalue weighted by Gasteiger charge is 2.55. The van der Waals surface area contributed by atoms with E-state index in [9.17, 15) is 9.59 Å². The van der Waals surface area contributed by atoms with Crippen molar-refractivity contribution in [1.29, 1.82) is 0 Å². The summed E-state index contributed by atoms with van der Waals surface area (Å²) in [5.41, 5.74) is -2.12. The van der Waals surface area contributed by atoms with Crippen LogP contribution in [0.5, 0.6) is 11.5 Å². The summed E-state index contributed by atoms with van der Waals surface area (Å²) >= 11 is 0. The molecule has 2 aromatic heterocycles. The molecule has 4 heterocycles. The van der Waals surface area contributed by atoms with Gasteiger partial charge in [0.2, 0.25) is 0 Å².